The summed E-state index contributed by atoms with van der Waals surface area (Å²) in [6.45, 7) is 1.56. The van der Waals surface area contributed by atoms with E-state index >= 15 is 0 Å². The van der Waals surface area contributed by atoms with Gasteiger partial charge in [-0.15, -0.1) is 5.10 Å². The zero-order valence-electron chi connectivity index (χ0n) is 13.2. The summed E-state index contributed by atoms with van der Waals surface area (Å²) in [5.41, 5.74) is 5.09. The molecule has 0 amide bonds. The summed E-state index contributed by atoms with van der Waals surface area (Å²) in [5, 5.41) is 8.47. The summed E-state index contributed by atoms with van der Waals surface area (Å²) in [5.74, 6) is 0. The standard InChI is InChI=1S/C17H16N6S/c1-22(10-13-7-8-16-17(9-13)20-24-19-16)11-14-12-23(21-18-14)15-5-3-2-4-6-15/h2-9,12H,10-11H2,1H3. The molecule has 7 heteroatoms. The fourth-order valence-electron chi connectivity index (χ4n) is 2.65. The topological polar surface area (TPSA) is 59.7 Å². The molecule has 0 fully saturated rings. The van der Waals surface area contributed by atoms with E-state index in [1.807, 2.05) is 42.6 Å². The van der Waals surface area contributed by atoms with Crippen LogP contribution in [-0.4, -0.2) is 35.7 Å². The van der Waals surface area contributed by atoms with Crippen molar-refractivity contribution in [1.29, 1.82) is 0 Å². The smallest absolute Gasteiger partial charge is 0.105 e. The van der Waals surface area contributed by atoms with Gasteiger partial charge in [0.1, 0.15) is 11.0 Å². The second-order valence-corrected chi connectivity index (χ2v) is 6.28. The van der Waals surface area contributed by atoms with Gasteiger partial charge in [0.05, 0.1) is 29.3 Å². The molecule has 24 heavy (non-hydrogen) atoms. The van der Waals surface area contributed by atoms with Gasteiger partial charge in [-0.05, 0) is 36.9 Å². The summed E-state index contributed by atoms with van der Waals surface area (Å²) >= 11 is 1.25. The first-order valence-corrected chi connectivity index (χ1v) is 8.37. The van der Waals surface area contributed by atoms with Crippen LogP contribution in [0, 0.1) is 0 Å². The zero-order chi connectivity index (χ0) is 16.4. The first kappa shape index (κ1) is 14.9. The van der Waals surface area contributed by atoms with Crippen LogP contribution < -0.4 is 0 Å². The number of hydrogen-bond donors (Lipinski definition) is 0. The van der Waals surface area contributed by atoms with Crippen LogP contribution >= 0.6 is 11.7 Å². The molecule has 2 aromatic carbocycles. The largest absolute Gasteiger partial charge is 0.296 e. The van der Waals surface area contributed by atoms with E-state index in [1.54, 1.807) is 4.68 Å². The number of nitrogens with zero attached hydrogens (tertiary/aromatic N) is 6. The highest BCUT2D eigenvalue weighted by molar-refractivity contribution is 7.00. The molecule has 2 heterocycles. The molecule has 0 aliphatic heterocycles. The molecule has 0 aliphatic carbocycles. The molecule has 0 radical (unpaired) electrons. The molecule has 0 N–H and O–H groups in total. The van der Waals surface area contributed by atoms with E-state index < -0.39 is 0 Å². The Morgan fingerprint density at radius 1 is 1.00 bits per heavy atom. The van der Waals surface area contributed by atoms with Crippen molar-refractivity contribution in [3.8, 4) is 5.69 Å². The van der Waals surface area contributed by atoms with Crippen LogP contribution in [0.25, 0.3) is 16.7 Å². The minimum absolute atomic E-state index is 0.736. The summed E-state index contributed by atoms with van der Waals surface area (Å²) in [7, 11) is 2.07. The Morgan fingerprint density at radius 2 is 1.83 bits per heavy atom. The van der Waals surface area contributed by atoms with Gasteiger partial charge in [0, 0.05) is 13.1 Å². The van der Waals surface area contributed by atoms with Crippen molar-refractivity contribution in [2.24, 2.45) is 0 Å². The van der Waals surface area contributed by atoms with Crippen molar-refractivity contribution in [3.63, 3.8) is 0 Å². The van der Waals surface area contributed by atoms with Crippen LogP contribution in [0.4, 0.5) is 0 Å². The highest BCUT2D eigenvalue weighted by Crippen LogP contribution is 2.15. The number of aromatic nitrogens is 5. The van der Waals surface area contributed by atoms with E-state index in [4.69, 9.17) is 0 Å². The van der Waals surface area contributed by atoms with Gasteiger partial charge in [0.2, 0.25) is 0 Å². The molecule has 0 unspecified atom stereocenters. The number of hydrogen-bond acceptors (Lipinski definition) is 6. The lowest BCUT2D eigenvalue weighted by atomic mass is 10.2. The first-order valence-electron chi connectivity index (χ1n) is 7.64. The summed E-state index contributed by atoms with van der Waals surface area (Å²) < 4.78 is 10.3. The van der Waals surface area contributed by atoms with Crippen LogP contribution in [0.3, 0.4) is 0 Å². The van der Waals surface area contributed by atoms with Crippen LogP contribution in [0.15, 0.2) is 54.7 Å². The lowest BCUT2D eigenvalue weighted by molar-refractivity contribution is 0.315. The van der Waals surface area contributed by atoms with Crippen LogP contribution in [0.2, 0.25) is 0 Å². The number of benzene rings is 2. The minimum Gasteiger partial charge on any atom is -0.296 e. The third-order valence-corrected chi connectivity index (χ3v) is 4.32. The van der Waals surface area contributed by atoms with Crippen LogP contribution in [0.5, 0.6) is 0 Å². The molecule has 4 aromatic rings. The van der Waals surface area contributed by atoms with Gasteiger partial charge >= 0.3 is 0 Å². The van der Waals surface area contributed by atoms with Gasteiger partial charge in [0.15, 0.2) is 0 Å². The molecule has 0 spiro atoms. The van der Waals surface area contributed by atoms with Crippen molar-refractivity contribution >= 4 is 22.8 Å². The number of rotatable bonds is 5. The van der Waals surface area contributed by atoms with E-state index in [0.29, 0.717) is 0 Å². The SMILES string of the molecule is CN(Cc1ccc2nsnc2c1)Cc1cn(-c2ccccc2)nn1. The Bertz CT molecular complexity index is 946. The molecule has 0 atom stereocenters. The van der Waals surface area contributed by atoms with Gasteiger partial charge in [-0.1, -0.05) is 29.5 Å². The predicted molar refractivity (Wildman–Crippen MR) is 93.9 cm³/mol. The Labute approximate surface area is 143 Å². The van der Waals surface area contributed by atoms with Crippen molar-refractivity contribution in [3.05, 3.63) is 66.0 Å². The number of fused-ring (bicyclic) bond motifs is 1. The highest BCUT2D eigenvalue weighted by atomic mass is 32.1. The summed E-state index contributed by atoms with van der Waals surface area (Å²) in [6.07, 6.45) is 1.97. The average molecular weight is 336 g/mol. The quantitative estimate of drug-likeness (QED) is 0.561. The molecule has 6 nitrogen and oxygen atoms in total. The van der Waals surface area contributed by atoms with Crippen molar-refractivity contribution in [1.82, 2.24) is 28.6 Å². The predicted octanol–water partition coefficient (Wildman–Crippen LogP) is 2.90. The monoisotopic (exact) mass is 336 g/mol. The Hall–Kier alpha value is -2.64. The molecular formula is C17H16N6S. The molecule has 120 valence electrons. The van der Waals surface area contributed by atoms with Gasteiger partial charge < -0.3 is 0 Å². The van der Waals surface area contributed by atoms with E-state index in [-0.39, 0.29) is 0 Å². The Morgan fingerprint density at radius 3 is 2.71 bits per heavy atom. The van der Waals surface area contributed by atoms with E-state index in [1.165, 1.54) is 17.3 Å². The maximum Gasteiger partial charge on any atom is 0.105 e. The maximum atomic E-state index is 4.29. The third kappa shape index (κ3) is 3.17. The lowest BCUT2D eigenvalue weighted by Crippen LogP contribution is -2.17. The molecule has 0 aliphatic rings. The summed E-state index contributed by atoms with van der Waals surface area (Å²) in [4.78, 5) is 2.21. The molecule has 0 saturated heterocycles. The average Bonchev–Trinajstić information content (AvgIpc) is 3.24. The Kier molecular flexibility index (Phi) is 4.02. The fourth-order valence-corrected chi connectivity index (χ4v) is 3.17. The lowest BCUT2D eigenvalue weighted by Gasteiger charge is -2.14. The van der Waals surface area contributed by atoms with Gasteiger partial charge in [-0.25, -0.2) is 4.68 Å². The molecular weight excluding hydrogens is 320 g/mol. The minimum atomic E-state index is 0.736. The van der Waals surface area contributed by atoms with Gasteiger partial charge in [-0.3, -0.25) is 4.90 Å². The van der Waals surface area contributed by atoms with Crippen molar-refractivity contribution < 1.29 is 0 Å². The number of para-hydroxylation sites is 1. The zero-order valence-corrected chi connectivity index (χ0v) is 14.0. The maximum absolute atomic E-state index is 4.29. The van der Waals surface area contributed by atoms with Crippen LogP contribution in [-0.2, 0) is 13.1 Å². The molecule has 0 bridgehead atoms. The van der Waals surface area contributed by atoms with E-state index in [9.17, 15) is 0 Å². The molecule has 0 saturated carbocycles. The third-order valence-electron chi connectivity index (χ3n) is 3.76. The summed E-state index contributed by atoms with van der Waals surface area (Å²) in [6, 6.07) is 16.2. The van der Waals surface area contributed by atoms with Crippen molar-refractivity contribution in [2.75, 3.05) is 7.05 Å². The highest BCUT2D eigenvalue weighted by Gasteiger charge is 2.08. The van der Waals surface area contributed by atoms with E-state index in [0.717, 1.165) is 35.5 Å². The molecule has 4 rings (SSSR count). The van der Waals surface area contributed by atoms with Crippen molar-refractivity contribution in [2.45, 2.75) is 13.1 Å². The fraction of sp³-hybridized carbons (Fsp3) is 0.176. The first-order chi connectivity index (χ1) is 11.8. The second-order valence-electron chi connectivity index (χ2n) is 5.75. The van der Waals surface area contributed by atoms with Gasteiger partial charge in [-0.2, -0.15) is 8.75 Å². The van der Waals surface area contributed by atoms with Gasteiger partial charge in [0.25, 0.3) is 0 Å². The molecule has 2 aromatic heterocycles. The normalized spacial score (nSPS) is 11.4. The van der Waals surface area contributed by atoms with E-state index in [2.05, 4.69) is 43.1 Å². The Balaban J connectivity index is 1.44. The van der Waals surface area contributed by atoms with Crippen LogP contribution in [0.1, 0.15) is 11.3 Å². The second kappa shape index (κ2) is 6.46.